The first-order chi connectivity index (χ1) is 9.25. The van der Waals surface area contributed by atoms with Gasteiger partial charge in [0.2, 0.25) is 0 Å². The summed E-state index contributed by atoms with van der Waals surface area (Å²) < 4.78 is 21.4. The van der Waals surface area contributed by atoms with Crippen molar-refractivity contribution in [3.05, 3.63) is 41.2 Å². The van der Waals surface area contributed by atoms with Crippen molar-refractivity contribution >= 4 is 0 Å². The van der Waals surface area contributed by atoms with Gasteiger partial charge in [0, 0.05) is 13.0 Å². The third-order valence-electron chi connectivity index (χ3n) is 3.45. The summed E-state index contributed by atoms with van der Waals surface area (Å²) in [6, 6.07) is 5.14. The van der Waals surface area contributed by atoms with Crippen LogP contribution in [0.4, 0.5) is 4.39 Å². The third kappa shape index (κ3) is 2.32. The maximum absolute atomic E-state index is 13.8. The molecule has 0 aliphatic carbocycles. The highest BCUT2D eigenvalue weighted by atomic mass is 19.1. The lowest BCUT2D eigenvalue weighted by molar-refractivity contribution is 0.272. The van der Waals surface area contributed by atoms with Gasteiger partial charge in [0.1, 0.15) is 12.4 Å². The lowest BCUT2D eigenvalue weighted by Gasteiger charge is -2.15. The number of hydrogen-bond acceptors (Lipinski definition) is 3. The number of halogens is 1. The molecule has 0 atom stereocenters. The average Bonchev–Trinajstić information content (AvgIpc) is 2.84. The van der Waals surface area contributed by atoms with Crippen LogP contribution in [0, 0.1) is 12.7 Å². The first-order valence-electron chi connectivity index (χ1n) is 6.54. The fraction of sp³-hybridized carbons (Fsp3) is 0.429. The van der Waals surface area contributed by atoms with Crippen molar-refractivity contribution in [1.82, 2.24) is 14.8 Å². The van der Waals surface area contributed by atoms with Crippen LogP contribution in [0.2, 0.25) is 0 Å². The average molecular weight is 261 g/mol. The van der Waals surface area contributed by atoms with Gasteiger partial charge in [-0.1, -0.05) is 12.1 Å². The summed E-state index contributed by atoms with van der Waals surface area (Å²) in [5.41, 5.74) is 0.584. The van der Waals surface area contributed by atoms with E-state index in [2.05, 4.69) is 14.8 Å². The number of aromatic nitrogens is 3. The molecule has 0 bridgehead atoms. The van der Waals surface area contributed by atoms with Crippen LogP contribution in [0.15, 0.2) is 18.2 Å². The Labute approximate surface area is 111 Å². The van der Waals surface area contributed by atoms with Crippen LogP contribution in [0.25, 0.3) is 0 Å². The van der Waals surface area contributed by atoms with Gasteiger partial charge in [-0.25, -0.2) is 4.39 Å². The zero-order chi connectivity index (χ0) is 13.2. The fourth-order valence-corrected chi connectivity index (χ4v) is 2.35. The Bertz CT molecular complexity index is 594. The molecule has 0 saturated carbocycles. The molecule has 4 nitrogen and oxygen atoms in total. The van der Waals surface area contributed by atoms with Gasteiger partial charge in [-0.2, -0.15) is 0 Å². The summed E-state index contributed by atoms with van der Waals surface area (Å²) in [5, 5.41) is 8.28. The Morgan fingerprint density at radius 1 is 1.32 bits per heavy atom. The van der Waals surface area contributed by atoms with E-state index in [0.717, 1.165) is 37.5 Å². The summed E-state index contributed by atoms with van der Waals surface area (Å²) in [6.45, 7) is 2.91. The molecule has 0 spiro atoms. The van der Waals surface area contributed by atoms with E-state index < -0.39 is 0 Å². The minimum atomic E-state index is -0.305. The van der Waals surface area contributed by atoms with Crippen molar-refractivity contribution < 1.29 is 9.13 Å². The maximum atomic E-state index is 13.8. The second kappa shape index (κ2) is 4.99. The standard InChI is InChI=1S/C14H16FN3O/c1-10-5-4-6-11(14(10)15)19-9-13-17-16-12-7-2-3-8-18(12)13/h4-6H,2-3,7-9H2,1H3. The predicted molar refractivity (Wildman–Crippen MR) is 68.4 cm³/mol. The molecule has 0 N–H and O–H groups in total. The van der Waals surface area contributed by atoms with E-state index in [1.807, 2.05) is 0 Å². The lowest BCUT2D eigenvalue weighted by Crippen LogP contribution is -2.14. The highest BCUT2D eigenvalue weighted by Gasteiger charge is 2.16. The van der Waals surface area contributed by atoms with E-state index in [0.29, 0.717) is 5.56 Å². The second-order valence-corrected chi connectivity index (χ2v) is 4.82. The maximum Gasteiger partial charge on any atom is 0.171 e. The van der Waals surface area contributed by atoms with E-state index in [9.17, 15) is 4.39 Å². The first kappa shape index (κ1) is 12.1. The summed E-state index contributed by atoms with van der Waals surface area (Å²) in [7, 11) is 0. The Morgan fingerprint density at radius 3 is 3.11 bits per heavy atom. The molecule has 19 heavy (non-hydrogen) atoms. The normalized spacial score (nSPS) is 14.2. The highest BCUT2D eigenvalue weighted by Crippen LogP contribution is 2.21. The van der Waals surface area contributed by atoms with E-state index in [1.54, 1.807) is 25.1 Å². The lowest BCUT2D eigenvalue weighted by atomic mass is 10.2. The first-order valence-corrected chi connectivity index (χ1v) is 6.54. The Balaban J connectivity index is 1.76. The van der Waals surface area contributed by atoms with E-state index >= 15 is 0 Å². The molecule has 1 aromatic carbocycles. The largest absolute Gasteiger partial charge is 0.483 e. The minimum absolute atomic E-state index is 0.257. The monoisotopic (exact) mass is 261 g/mol. The zero-order valence-corrected chi connectivity index (χ0v) is 10.9. The van der Waals surface area contributed by atoms with Gasteiger partial charge >= 0.3 is 0 Å². The van der Waals surface area contributed by atoms with Crippen molar-refractivity contribution in [3.63, 3.8) is 0 Å². The predicted octanol–water partition coefficient (Wildman–Crippen LogP) is 2.64. The van der Waals surface area contributed by atoms with Gasteiger partial charge < -0.3 is 9.30 Å². The van der Waals surface area contributed by atoms with Crippen molar-refractivity contribution in [2.24, 2.45) is 0 Å². The molecule has 2 aromatic rings. The van der Waals surface area contributed by atoms with Crippen LogP contribution in [-0.2, 0) is 19.6 Å². The molecule has 0 saturated heterocycles. The van der Waals surface area contributed by atoms with Gasteiger partial charge in [-0.05, 0) is 31.4 Å². The molecule has 3 rings (SSSR count). The van der Waals surface area contributed by atoms with Gasteiger partial charge in [0.25, 0.3) is 0 Å². The van der Waals surface area contributed by atoms with Crippen LogP contribution < -0.4 is 4.74 Å². The highest BCUT2D eigenvalue weighted by molar-refractivity contribution is 5.30. The molecule has 1 aliphatic rings. The van der Waals surface area contributed by atoms with E-state index in [4.69, 9.17) is 4.74 Å². The molecular formula is C14H16FN3O. The van der Waals surface area contributed by atoms with Gasteiger partial charge in [-0.3, -0.25) is 0 Å². The molecular weight excluding hydrogens is 245 g/mol. The number of hydrogen-bond donors (Lipinski definition) is 0. The van der Waals surface area contributed by atoms with E-state index in [-0.39, 0.29) is 18.2 Å². The van der Waals surface area contributed by atoms with Crippen molar-refractivity contribution in [3.8, 4) is 5.75 Å². The van der Waals surface area contributed by atoms with Crippen LogP contribution >= 0.6 is 0 Å². The number of rotatable bonds is 3. The molecule has 2 heterocycles. The number of benzene rings is 1. The number of fused-ring (bicyclic) bond motifs is 1. The van der Waals surface area contributed by atoms with Gasteiger partial charge in [-0.15, -0.1) is 10.2 Å². The van der Waals surface area contributed by atoms with Crippen LogP contribution in [0.5, 0.6) is 5.75 Å². The van der Waals surface area contributed by atoms with Crippen molar-refractivity contribution in [2.75, 3.05) is 0 Å². The van der Waals surface area contributed by atoms with Crippen LogP contribution in [0.1, 0.15) is 30.1 Å². The topological polar surface area (TPSA) is 39.9 Å². The van der Waals surface area contributed by atoms with Gasteiger partial charge in [0.15, 0.2) is 17.4 Å². The molecule has 0 unspecified atom stereocenters. The third-order valence-corrected chi connectivity index (χ3v) is 3.45. The Morgan fingerprint density at radius 2 is 2.21 bits per heavy atom. The van der Waals surface area contributed by atoms with Crippen molar-refractivity contribution in [1.29, 1.82) is 0 Å². The van der Waals surface area contributed by atoms with Crippen LogP contribution in [0.3, 0.4) is 0 Å². The quantitative estimate of drug-likeness (QED) is 0.852. The summed E-state index contributed by atoms with van der Waals surface area (Å²) in [4.78, 5) is 0. The molecule has 100 valence electrons. The fourth-order valence-electron chi connectivity index (χ4n) is 2.35. The molecule has 0 fully saturated rings. The molecule has 0 amide bonds. The summed E-state index contributed by atoms with van der Waals surface area (Å²) in [6.07, 6.45) is 3.26. The smallest absolute Gasteiger partial charge is 0.171 e. The zero-order valence-electron chi connectivity index (χ0n) is 10.9. The molecule has 1 aromatic heterocycles. The Hall–Kier alpha value is -1.91. The number of aryl methyl sites for hydroxylation is 2. The van der Waals surface area contributed by atoms with E-state index in [1.165, 1.54) is 0 Å². The minimum Gasteiger partial charge on any atom is -0.483 e. The SMILES string of the molecule is Cc1cccc(OCc2nnc3n2CCCC3)c1F. The van der Waals surface area contributed by atoms with Gasteiger partial charge in [0.05, 0.1) is 0 Å². The van der Waals surface area contributed by atoms with Crippen molar-refractivity contribution in [2.45, 2.75) is 39.3 Å². The summed E-state index contributed by atoms with van der Waals surface area (Å²) in [5.74, 6) is 1.75. The van der Waals surface area contributed by atoms with Crippen LogP contribution in [-0.4, -0.2) is 14.8 Å². The number of ether oxygens (including phenoxy) is 1. The molecule has 1 aliphatic heterocycles. The molecule has 0 radical (unpaired) electrons. The molecule has 5 heteroatoms. The Kier molecular flexibility index (Phi) is 3.19. The number of nitrogens with zero attached hydrogens (tertiary/aromatic N) is 3. The second-order valence-electron chi connectivity index (χ2n) is 4.82. The summed E-state index contributed by atoms with van der Waals surface area (Å²) >= 11 is 0.